The maximum atomic E-state index is 3.54. The van der Waals surface area contributed by atoms with Gasteiger partial charge in [-0.15, -0.1) is 0 Å². The Bertz CT molecular complexity index is 213. The predicted octanol–water partition coefficient (Wildman–Crippen LogP) is 3.98. The molecule has 2 saturated carbocycles. The van der Waals surface area contributed by atoms with Gasteiger partial charge in [0.1, 0.15) is 0 Å². The lowest BCUT2D eigenvalue weighted by molar-refractivity contribution is 0.368. The Morgan fingerprint density at radius 1 is 1.19 bits per heavy atom. The Morgan fingerprint density at radius 2 is 2.06 bits per heavy atom. The summed E-state index contributed by atoms with van der Waals surface area (Å²) in [5, 5.41) is 3.54. The van der Waals surface area contributed by atoms with Crippen LogP contribution in [0.2, 0.25) is 0 Å². The van der Waals surface area contributed by atoms with Crippen molar-refractivity contribution in [1.29, 1.82) is 0 Å². The van der Waals surface area contributed by atoms with Crippen molar-refractivity contribution in [2.75, 3.05) is 13.1 Å². The SMILES string of the molecule is CCCC1CCCC2(CC1)CC2CNCC. The van der Waals surface area contributed by atoms with Crippen LogP contribution in [0.5, 0.6) is 0 Å². The van der Waals surface area contributed by atoms with E-state index in [1.54, 1.807) is 0 Å². The topological polar surface area (TPSA) is 12.0 Å². The molecular formula is C15H29N. The second-order valence-corrected chi connectivity index (χ2v) is 6.16. The molecule has 0 aromatic rings. The van der Waals surface area contributed by atoms with Crippen molar-refractivity contribution >= 4 is 0 Å². The molecule has 0 bridgehead atoms. The molecule has 2 aliphatic rings. The zero-order valence-electron chi connectivity index (χ0n) is 11.2. The largest absolute Gasteiger partial charge is 0.317 e. The summed E-state index contributed by atoms with van der Waals surface area (Å²) in [5.41, 5.74) is 0.796. The van der Waals surface area contributed by atoms with Crippen LogP contribution in [-0.2, 0) is 0 Å². The normalized spacial score (nSPS) is 38.6. The maximum Gasteiger partial charge on any atom is -0.00151 e. The molecule has 0 aromatic carbocycles. The Morgan fingerprint density at radius 3 is 2.81 bits per heavy atom. The molecule has 0 saturated heterocycles. The smallest absolute Gasteiger partial charge is 0.00151 e. The van der Waals surface area contributed by atoms with Crippen molar-refractivity contribution in [2.45, 2.75) is 65.2 Å². The molecule has 1 heteroatoms. The molecule has 94 valence electrons. The van der Waals surface area contributed by atoms with Gasteiger partial charge in [-0.3, -0.25) is 0 Å². The minimum atomic E-state index is 0.796. The molecule has 3 atom stereocenters. The van der Waals surface area contributed by atoms with E-state index in [-0.39, 0.29) is 0 Å². The van der Waals surface area contributed by atoms with E-state index >= 15 is 0 Å². The quantitative estimate of drug-likeness (QED) is 0.743. The third kappa shape index (κ3) is 2.80. The average Bonchev–Trinajstić information content (AvgIpc) is 3.01. The fraction of sp³-hybridized carbons (Fsp3) is 1.00. The van der Waals surface area contributed by atoms with Gasteiger partial charge in [0.2, 0.25) is 0 Å². The summed E-state index contributed by atoms with van der Waals surface area (Å²) in [5.74, 6) is 2.08. The van der Waals surface area contributed by atoms with Crippen LogP contribution in [0, 0.1) is 17.3 Å². The van der Waals surface area contributed by atoms with Crippen molar-refractivity contribution in [2.24, 2.45) is 17.3 Å². The standard InChI is InChI=1S/C15H29N/c1-3-6-13-7-5-9-15(10-8-13)11-14(15)12-16-4-2/h13-14,16H,3-12H2,1-2H3. The first-order valence-corrected chi connectivity index (χ1v) is 7.51. The third-order valence-electron chi connectivity index (χ3n) is 5.03. The second-order valence-electron chi connectivity index (χ2n) is 6.16. The number of nitrogens with one attached hydrogen (secondary N) is 1. The van der Waals surface area contributed by atoms with Crippen molar-refractivity contribution in [3.63, 3.8) is 0 Å². The van der Waals surface area contributed by atoms with E-state index in [1.807, 2.05) is 0 Å². The van der Waals surface area contributed by atoms with Gasteiger partial charge in [-0.2, -0.15) is 0 Å². The molecule has 2 fully saturated rings. The number of hydrogen-bond acceptors (Lipinski definition) is 1. The fourth-order valence-corrected chi connectivity index (χ4v) is 3.85. The Kier molecular flexibility index (Phi) is 4.29. The highest BCUT2D eigenvalue weighted by atomic mass is 14.9. The predicted molar refractivity (Wildman–Crippen MR) is 70.6 cm³/mol. The molecule has 2 aliphatic carbocycles. The molecule has 0 amide bonds. The first-order valence-electron chi connectivity index (χ1n) is 7.51. The van der Waals surface area contributed by atoms with E-state index in [1.165, 1.54) is 57.9 Å². The molecule has 0 heterocycles. The number of rotatable bonds is 5. The van der Waals surface area contributed by atoms with E-state index in [0.717, 1.165) is 23.8 Å². The van der Waals surface area contributed by atoms with Crippen LogP contribution in [0.3, 0.4) is 0 Å². The highest BCUT2D eigenvalue weighted by Crippen LogP contribution is 2.60. The van der Waals surface area contributed by atoms with Crippen LogP contribution < -0.4 is 5.32 Å². The monoisotopic (exact) mass is 223 g/mol. The highest BCUT2D eigenvalue weighted by Gasteiger charge is 2.52. The molecule has 2 rings (SSSR count). The fourth-order valence-electron chi connectivity index (χ4n) is 3.85. The molecule has 0 aromatic heterocycles. The van der Waals surface area contributed by atoms with Crippen molar-refractivity contribution < 1.29 is 0 Å². The third-order valence-corrected chi connectivity index (χ3v) is 5.03. The van der Waals surface area contributed by atoms with Gasteiger partial charge >= 0.3 is 0 Å². The van der Waals surface area contributed by atoms with Gasteiger partial charge in [0, 0.05) is 0 Å². The zero-order chi connectivity index (χ0) is 11.4. The summed E-state index contributed by atoms with van der Waals surface area (Å²) in [6.07, 6.45) is 12.0. The molecule has 1 spiro atoms. The van der Waals surface area contributed by atoms with E-state index in [2.05, 4.69) is 19.2 Å². The van der Waals surface area contributed by atoms with E-state index in [4.69, 9.17) is 0 Å². The van der Waals surface area contributed by atoms with Gasteiger partial charge in [-0.25, -0.2) is 0 Å². The van der Waals surface area contributed by atoms with Crippen LogP contribution in [-0.4, -0.2) is 13.1 Å². The van der Waals surface area contributed by atoms with Gasteiger partial charge in [-0.1, -0.05) is 39.5 Å². The molecule has 3 unspecified atom stereocenters. The Hall–Kier alpha value is -0.0400. The maximum absolute atomic E-state index is 3.54. The Labute approximate surface area is 101 Å². The van der Waals surface area contributed by atoms with Gasteiger partial charge < -0.3 is 5.32 Å². The van der Waals surface area contributed by atoms with Gasteiger partial charge in [0.05, 0.1) is 0 Å². The van der Waals surface area contributed by atoms with E-state index < -0.39 is 0 Å². The van der Waals surface area contributed by atoms with E-state index in [0.29, 0.717) is 0 Å². The molecular weight excluding hydrogens is 194 g/mol. The first-order chi connectivity index (χ1) is 7.80. The first kappa shape index (κ1) is 12.4. The minimum absolute atomic E-state index is 0.796. The van der Waals surface area contributed by atoms with Crippen LogP contribution in [0.15, 0.2) is 0 Å². The van der Waals surface area contributed by atoms with Crippen LogP contribution in [0.4, 0.5) is 0 Å². The van der Waals surface area contributed by atoms with Crippen LogP contribution in [0.25, 0.3) is 0 Å². The van der Waals surface area contributed by atoms with Crippen molar-refractivity contribution in [3.8, 4) is 0 Å². The average molecular weight is 223 g/mol. The summed E-state index contributed by atoms with van der Waals surface area (Å²) >= 11 is 0. The van der Waals surface area contributed by atoms with E-state index in [9.17, 15) is 0 Å². The summed E-state index contributed by atoms with van der Waals surface area (Å²) in [7, 11) is 0. The number of hydrogen-bond donors (Lipinski definition) is 1. The summed E-state index contributed by atoms with van der Waals surface area (Å²) in [6, 6.07) is 0. The molecule has 0 radical (unpaired) electrons. The molecule has 16 heavy (non-hydrogen) atoms. The van der Waals surface area contributed by atoms with Gasteiger partial charge in [0.25, 0.3) is 0 Å². The summed E-state index contributed by atoms with van der Waals surface area (Å²) in [4.78, 5) is 0. The lowest BCUT2D eigenvalue weighted by atomic mass is 9.92. The summed E-state index contributed by atoms with van der Waals surface area (Å²) < 4.78 is 0. The molecule has 1 N–H and O–H groups in total. The van der Waals surface area contributed by atoms with Crippen molar-refractivity contribution in [3.05, 3.63) is 0 Å². The van der Waals surface area contributed by atoms with Gasteiger partial charge in [-0.05, 0) is 56.0 Å². The summed E-state index contributed by atoms with van der Waals surface area (Å²) in [6.45, 7) is 6.99. The lowest BCUT2D eigenvalue weighted by Gasteiger charge is -2.15. The lowest BCUT2D eigenvalue weighted by Crippen LogP contribution is -2.19. The molecule has 1 nitrogen and oxygen atoms in total. The van der Waals surface area contributed by atoms with Crippen LogP contribution >= 0.6 is 0 Å². The minimum Gasteiger partial charge on any atom is -0.317 e. The molecule has 0 aliphatic heterocycles. The zero-order valence-corrected chi connectivity index (χ0v) is 11.2. The second kappa shape index (κ2) is 5.53. The highest BCUT2D eigenvalue weighted by molar-refractivity contribution is 5.03. The van der Waals surface area contributed by atoms with Crippen LogP contribution in [0.1, 0.15) is 65.2 Å². The van der Waals surface area contributed by atoms with Crippen molar-refractivity contribution in [1.82, 2.24) is 5.32 Å². The van der Waals surface area contributed by atoms with Gasteiger partial charge in [0.15, 0.2) is 0 Å². The Balaban J connectivity index is 1.77.